The Morgan fingerprint density at radius 2 is 2.33 bits per heavy atom. The van der Waals surface area contributed by atoms with Crippen LogP contribution in [0.3, 0.4) is 0 Å². The summed E-state index contributed by atoms with van der Waals surface area (Å²) >= 11 is 0. The van der Waals surface area contributed by atoms with Crippen LogP contribution in [-0.2, 0) is 0 Å². The van der Waals surface area contributed by atoms with Gasteiger partial charge in [0.2, 0.25) is 0 Å². The Labute approximate surface area is 74.4 Å². The molecule has 64 valence electrons. The van der Waals surface area contributed by atoms with Gasteiger partial charge in [0.1, 0.15) is 0 Å². The molecule has 2 atom stereocenters. The molecule has 2 saturated heterocycles. The maximum absolute atomic E-state index is 8.81. The van der Waals surface area contributed by atoms with Crippen LogP contribution in [0.4, 0.5) is 0 Å². The molecule has 2 fully saturated rings. The van der Waals surface area contributed by atoms with Crippen LogP contribution in [0.1, 0.15) is 19.3 Å². The van der Waals surface area contributed by atoms with E-state index in [1.807, 2.05) is 0 Å². The van der Waals surface area contributed by atoms with Crippen molar-refractivity contribution in [3.63, 3.8) is 0 Å². The summed E-state index contributed by atoms with van der Waals surface area (Å²) in [6, 6.07) is 0.739. The van der Waals surface area contributed by atoms with Crippen LogP contribution < -0.4 is 5.32 Å². The van der Waals surface area contributed by atoms with Crippen LogP contribution in [0, 0.1) is 17.1 Å². The van der Waals surface area contributed by atoms with Crippen molar-refractivity contribution in [1.29, 1.82) is 5.26 Å². The highest BCUT2D eigenvalue weighted by atomic mass is 14.9. The van der Waals surface area contributed by atoms with E-state index < -0.39 is 0 Å². The Morgan fingerprint density at radius 3 is 3.17 bits per heavy atom. The third-order valence-corrected chi connectivity index (χ3v) is 3.32. The topological polar surface area (TPSA) is 35.8 Å². The summed E-state index contributed by atoms with van der Waals surface area (Å²) in [6.45, 7) is 1.55. The molecule has 3 heteroatoms. The van der Waals surface area contributed by atoms with E-state index in [1.165, 1.54) is 25.8 Å². The second kappa shape index (κ2) is 3.49. The van der Waals surface area contributed by atoms with Gasteiger partial charge in [-0.05, 0) is 31.7 Å². The standard InChI is InChI=1S/C9H15BN2/c11-7-10-4-3-9-8(6-10)2-1-5-12-9/h8-9,12H,1-6H2. The number of hydrogen-bond donors (Lipinski definition) is 1. The Kier molecular flexibility index (Phi) is 2.36. The van der Waals surface area contributed by atoms with Gasteiger partial charge in [0.15, 0.2) is 0 Å². The highest BCUT2D eigenvalue weighted by Gasteiger charge is 2.33. The summed E-state index contributed by atoms with van der Waals surface area (Å²) in [4.78, 5) is 0. The molecule has 0 spiro atoms. The van der Waals surface area contributed by atoms with Gasteiger partial charge < -0.3 is 5.32 Å². The smallest absolute Gasteiger partial charge is 0.268 e. The zero-order valence-electron chi connectivity index (χ0n) is 7.42. The van der Waals surface area contributed by atoms with E-state index in [1.54, 1.807) is 0 Å². The number of rotatable bonds is 0. The lowest BCUT2D eigenvalue weighted by Crippen LogP contribution is -2.46. The molecule has 2 rings (SSSR count). The average molecular weight is 162 g/mol. The zero-order valence-corrected chi connectivity index (χ0v) is 7.42. The SMILES string of the molecule is N#CB1CCC2NCCCC2C1. The first-order chi connectivity index (χ1) is 5.90. The predicted molar refractivity (Wildman–Crippen MR) is 50.1 cm³/mol. The summed E-state index contributed by atoms with van der Waals surface area (Å²) in [5, 5.41) is 12.4. The van der Waals surface area contributed by atoms with Crippen molar-refractivity contribution in [3.05, 3.63) is 0 Å². The molecule has 0 aromatic carbocycles. The molecule has 2 aliphatic heterocycles. The summed E-state index contributed by atoms with van der Waals surface area (Å²) in [5.74, 6) is 3.21. The van der Waals surface area contributed by atoms with Gasteiger partial charge in [0.25, 0.3) is 6.71 Å². The van der Waals surface area contributed by atoms with E-state index in [4.69, 9.17) is 5.26 Å². The van der Waals surface area contributed by atoms with Gasteiger partial charge in [-0.2, -0.15) is 0 Å². The highest BCUT2D eigenvalue weighted by Crippen LogP contribution is 2.31. The second-order valence-corrected chi connectivity index (χ2v) is 4.10. The first kappa shape index (κ1) is 8.13. The number of fused-ring (bicyclic) bond motifs is 1. The molecule has 2 aliphatic rings. The molecule has 2 nitrogen and oxygen atoms in total. The van der Waals surface area contributed by atoms with Crippen molar-refractivity contribution >= 4 is 6.71 Å². The van der Waals surface area contributed by atoms with Crippen molar-refractivity contribution < 1.29 is 0 Å². The van der Waals surface area contributed by atoms with Crippen molar-refractivity contribution in [2.75, 3.05) is 6.54 Å². The molecule has 0 radical (unpaired) electrons. The summed E-state index contributed by atoms with van der Waals surface area (Å²) in [7, 11) is 0. The van der Waals surface area contributed by atoms with E-state index in [9.17, 15) is 0 Å². The molecule has 12 heavy (non-hydrogen) atoms. The second-order valence-electron chi connectivity index (χ2n) is 4.10. The monoisotopic (exact) mass is 162 g/mol. The van der Waals surface area contributed by atoms with Gasteiger partial charge in [-0.15, -0.1) is 0 Å². The van der Waals surface area contributed by atoms with E-state index >= 15 is 0 Å². The largest absolute Gasteiger partial charge is 0.314 e. The zero-order chi connectivity index (χ0) is 8.39. The van der Waals surface area contributed by atoms with Crippen molar-refractivity contribution in [2.24, 2.45) is 5.92 Å². The summed E-state index contributed by atoms with van der Waals surface area (Å²) in [6.07, 6.45) is 6.14. The minimum atomic E-state index is 0.353. The van der Waals surface area contributed by atoms with Crippen LogP contribution >= 0.6 is 0 Å². The maximum Gasteiger partial charge on any atom is 0.268 e. The predicted octanol–water partition coefficient (Wildman–Crippen LogP) is 1.32. The fourth-order valence-corrected chi connectivity index (χ4v) is 2.62. The van der Waals surface area contributed by atoms with Crippen LogP contribution in [0.15, 0.2) is 0 Å². The number of hydrogen-bond acceptors (Lipinski definition) is 2. The third-order valence-electron chi connectivity index (χ3n) is 3.32. The van der Waals surface area contributed by atoms with E-state index in [0.717, 1.165) is 24.6 Å². The van der Waals surface area contributed by atoms with Gasteiger partial charge in [-0.3, -0.25) is 0 Å². The molecule has 0 aromatic heterocycles. The van der Waals surface area contributed by atoms with Crippen LogP contribution in [0.25, 0.3) is 0 Å². The lowest BCUT2D eigenvalue weighted by Gasteiger charge is -2.37. The number of nitrogens with zero attached hydrogens (tertiary/aromatic N) is 1. The first-order valence-corrected chi connectivity index (χ1v) is 5.03. The van der Waals surface area contributed by atoms with E-state index in [0.29, 0.717) is 6.71 Å². The Balaban J connectivity index is 1.95. The Morgan fingerprint density at radius 1 is 1.42 bits per heavy atom. The van der Waals surface area contributed by atoms with Crippen molar-refractivity contribution in [1.82, 2.24) is 5.32 Å². The molecular formula is C9H15BN2. The molecule has 0 saturated carbocycles. The molecular weight excluding hydrogens is 147 g/mol. The number of nitrogens with one attached hydrogen (secondary N) is 1. The van der Waals surface area contributed by atoms with Gasteiger partial charge >= 0.3 is 0 Å². The summed E-state index contributed by atoms with van der Waals surface area (Å²) < 4.78 is 0. The lowest BCUT2D eigenvalue weighted by molar-refractivity contribution is 0.282. The van der Waals surface area contributed by atoms with Gasteiger partial charge in [-0.1, -0.05) is 12.6 Å². The van der Waals surface area contributed by atoms with Crippen LogP contribution in [-0.4, -0.2) is 19.3 Å². The maximum atomic E-state index is 8.81. The first-order valence-electron chi connectivity index (χ1n) is 5.03. The summed E-state index contributed by atoms with van der Waals surface area (Å²) in [5.41, 5.74) is 0. The fourth-order valence-electron chi connectivity index (χ4n) is 2.62. The molecule has 2 unspecified atom stereocenters. The van der Waals surface area contributed by atoms with E-state index in [2.05, 4.69) is 11.3 Å². The minimum absolute atomic E-state index is 0.353. The van der Waals surface area contributed by atoms with Gasteiger partial charge in [-0.25, -0.2) is 5.26 Å². The molecule has 0 bridgehead atoms. The highest BCUT2D eigenvalue weighted by molar-refractivity contribution is 6.67. The Hall–Kier alpha value is -0.485. The molecule has 0 aromatic rings. The van der Waals surface area contributed by atoms with Gasteiger partial charge in [0, 0.05) is 12.0 Å². The average Bonchev–Trinajstić information content (AvgIpc) is 2.17. The van der Waals surface area contributed by atoms with Gasteiger partial charge in [0.05, 0.1) is 0 Å². The fraction of sp³-hybridized carbons (Fsp3) is 0.889. The quantitative estimate of drug-likeness (QED) is 0.545. The number of piperidine rings is 1. The molecule has 1 N–H and O–H groups in total. The van der Waals surface area contributed by atoms with Crippen molar-refractivity contribution in [3.8, 4) is 5.97 Å². The Bertz CT molecular complexity index is 199. The van der Waals surface area contributed by atoms with Crippen LogP contribution in [0.2, 0.25) is 12.6 Å². The number of nitriles is 1. The van der Waals surface area contributed by atoms with Crippen molar-refractivity contribution in [2.45, 2.75) is 37.9 Å². The molecule has 0 amide bonds. The van der Waals surface area contributed by atoms with Crippen LogP contribution in [0.5, 0.6) is 0 Å². The normalized spacial score (nSPS) is 35.4. The molecule has 2 heterocycles. The molecule has 0 aliphatic carbocycles. The third kappa shape index (κ3) is 1.49. The van der Waals surface area contributed by atoms with E-state index in [-0.39, 0.29) is 0 Å². The minimum Gasteiger partial charge on any atom is -0.314 e. The lowest BCUT2D eigenvalue weighted by atomic mass is 9.39.